The molecule has 2 aromatic heterocycles. The molecule has 0 saturated carbocycles. The Bertz CT molecular complexity index is 1670. The number of pyridine rings is 1. The summed E-state index contributed by atoms with van der Waals surface area (Å²) < 4.78 is 36.8. The van der Waals surface area contributed by atoms with Gasteiger partial charge in [0, 0.05) is 36.6 Å². The van der Waals surface area contributed by atoms with Gasteiger partial charge in [-0.25, -0.2) is 13.8 Å². The summed E-state index contributed by atoms with van der Waals surface area (Å²) in [6.07, 6.45) is 0.299. The summed E-state index contributed by atoms with van der Waals surface area (Å²) in [5.74, 6) is -0.883. The number of fused-ring (bicyclic) bond motifs is 1. The molecular weight excluding hydrogens is 580 g/mol. The molecule has 2 aliphatic heterocycles. The molecule has 1 amide bonds. The lowest BCUT2D eigenvalue weighted by Crippen LogP contribution is -2.57. The number of benzene rings is 1. The van der Waals surface area contributed by atoms with Crippen LogP contribution in [0.5, 0.6) is 6.01 Å². The van der Waals surface area contributed by atoms with Crippen molar-refractivity contribution in [3.8, 4) is 12.1 Å². The normalized spacial score (nSPS) is 20.1. The first-order valence-electron chi connectivity index (χ1n) is 14.9. The van der Waals surface area contributed by atoms with Gasteiger partial charge in [-0.3, -0.25) is 9.79 Å². The molecule has 45 heavy (non-hydrogen) atoms. The van der Waals surface area contributed by atoms with Crippen LogP contribution in [0.25, 0.3) is 22.3 Å². The second kappa shape index (κ2) is 13.5. The fraction of sp³-hybridized carbons (Fsp3) is 0.438. The van der Waals surface area contributed by atoms with Crippen molar-refractivity contribution in [3.63, 3.8) is 0 Å². The maximum atomic E-state index is 16.7. The number of anilines is 2. The van der Waals surface area contributed by atoms with E-state index < -0.39 is 23.9 Å². The Morgan fingerprint density at radius 3 is 2.69 bits per heavy atom. The first kappa shape index (κ1) is 31.7. The molecule has 0 radical (unpaired) electrons. The molecule has 5 rings (SSSR count). The van der Waals surface area contributed by atoms with Crippen molar-refractivity contribution in [2.75, 3.05) is 50.5 Å². The summed E-state index contributed by atoms with van der Waals surface area (Å²) in [6, 6.07) is 10.7. The third kappa shape index (κ3) is 6.56. The van der Waals surface area contributed by atoms with E-state index in [0.29, 0.717) is 23.4 Å². The van der Waals surface area contributed by atoms with Gasteiger partial charge >= 0.3 is 6.01 Å². The van der Waals surface area contributed by atoms with Gasteiger partial charge in [0.2, 0.25) is 0 Å². The van der Waals surface area contributed by atoms with Crippen LogP contribution in [-0.2, 0) is 4.79 Å². The Hall–Kier alpha value is -4.70. The molecule has 2 N–H and O–H groups in total. The van der Waals surface area contributed by atoms with Gasteiger partial charge in [0.15, 0.2) is 12.0 Å². The van der Waals surface area contributed by atoms with Gasteiger partial charge in [0.1, 0.15) is 35.3 Å². The van der Waals surface area contributed by atoms with Crippen LogP contribution in [0.15, 0.2) is 35.3 Å². The first-order chi connectivity index (χ1) is 21.6. The number of likely N-dealkylation sites (tertiary alicyclic amines) is 1. The van der Waals surface area contributed by atoms with Crippen LogP contribution in [0.2, 0.25) is 0 Å². The molecule has 4 heterocycles. The number of nitriles is 1. The van der Waals surface area contributed by atoms with E-state index in [9.17, 15) is 14.4 Å². The summed E-state index contributed by atoms with van der Waals surface area (Å²) >= 11 is 0. The van der Waals surface area contributed by atoms with Crippen molar-refractivity contribution in [2.24, 2.45) is 4.99 Å². The fourth-order valence-corrected chi connectivity index (χ4v) is 6.04. The summed E-state index contributed by atoms with van der Waals surface area (Å²) in [5.41, 5.74) is 6.50. The Morgan fingerprint density at radius 2 is 2.00 bits per heavy atom. The Kier molecular flexibility index (Phi) is 9.53. The monoisotopic (exact) mass is 617 g/mol. The van der Waals surface area contributed by atoms with E-state index in [4.69, 9.17) is 10.5 Å². The van der Waals surface area contributed by atoms with E-state index in [2.05, 4.69) is 37.6 Å². The van der Waals surface area contributed by atoms with E-state index in [1.165, 1.54) is 11.8 Å². The number of aromatic nitrogens is 3. The summed E-state index contributed by atoms with van der Waals surface area (Å²) in [5, 5.41) is 10.9. The first-order valence-corrected chi connectivity index (χ1v) is 14.9. The predicted molar refractivity (Wildman–Crippen MR) is 170 cm³/mol. The number of aliphatic imine (C=N–C) groups is 1. The number of nitrogens with zero attached hydrogens (tertiary/aromatic N) is 8. The molecule has 0 aliphatic carbocycles. The Morgan fingerprint density at radius 1 is 1.22 bits per heavy atom. The SMILES string of the molecule is C=N/C(=C(/F)c1nc(OC[C@@H]2CCCN2C)nc(N2CCN(C(=O)C(C)F)[C@@H](CC#N)C2)c1C)c1nc(N)cc2ccccc12. The highest BCUT2D eigenvalue weighted by Crippen LogP contribution is 2.36. The van der Waals surface area contributed by atoms with Crippen molar-refractivity contribution in [1.82, 2.24) is 24.8 Å². The zero-order valence-electron chi connectivity index (χ0n) is 25.7. The highest BCUT2D eigenvalue weighted by molar-refractivity contribution is 5.99. The summed E-state index contributed by atoms with van der Waals surface area (Å²) in [6.45, 7) is 8.40. The second-order valence-electron chi connectivity index (χ2n) is 11.4. The number of halogens is 2. The third-order valence-corrected chi connectivity index (χ3v) is 8.47. The zero-order valence-corrected chi connectivity index (χ0v) is 25.7. The van der Waals surface area contributed by atoms with E-state index in [1.807, 2.05) is 30.1 Å². The number of hydrogen-bond donors (Lipinski definition) is 1. The van der Waals surface area contributed by atoms with Gasteiger partial charge in [-0.15, -0.1) is 0 Å². The van der Waals surface area contributed by atoms with Crippen molar-refractivity contribution >= 4 is 46.6 Å². The highest BCUT2D eigenvalue weighted by atomic mass is 19.1. The molecule has 1 aromatic carbocycles. The van der Waals surface area contributed by atoms with Crippen LogP contribution in [0.1, 0.15) is 43.1 Å². The maximum absolute atomic E-state index is 16.7. The van der Waals surface area contributed by atoms with Crippen LogP contribution < -0.4 is 15.4 Å². The highest BCUT2D eigenvalue weighted by Gasteiger charge is 2.35. The standard InChI is InChI=1S/C32H37F2N9O2/c1-19-27(26(34)29(37-3)28-24-10-6-5-8-21(24)16-25(36)38-28)39-32(45-18-23-9-7-13-41(23)4)40-30(19)42-14-15-43(31(44)20(2)33)22(17-42)11-12-35/h5-6,8,10,16,20,22-23H,3,7,9,11,13-15,17-18H2,1-2,4H3,(H2,36,38)/b29-26+/t20?,22-,23-/m0/s1. The van der Waals surface area contributed by atoms with E-state index in [0.717, 1.165) is 24.8 Å². The number of rotatable bonds is 9. The molecule has 236 valence electrons. The molecular formula is C32H37F2N9O2. The number of piperazine rings is 1. The fourth-order valence-electron chi connectivity index (χ4n) is 6.04. The molecule has 3 atom stereocenters. The summed E-state index contributed by atoms with van der Waals surface area (Å²) in [4.78, 5) is 35.7. The number of ether oxygens (including phenoxy) is 1. The van der Waals surface area contributed by atoms with Crippen LogP contribution in [0.4, 0.5) is 20.4 Å². The molecule has 2 fully saturated rings. The lowest BCUT2D eigenvalue weighted by atomic mass is 10.0. The quantitative estimate of drug-likeness (QED) is 0.351. The molecule has 3 aromatic rings. The number of alkyl halides is 1. The number of nitrogen functional groups attached to an aromatic ring is 1. The lowest BCUT2D eigenvalue weighted by Gasteiger charge is -2.41. The number of amides is 1. The van der Waals surface area contributed by atoms with Crippen LogP contribution in [0.3, 0.4) is 0 Å². The van der Waals surface area contributed by atoms with Gasteiger partial charge in [-0.05, 0) is 58.5 Å². The molecule has 2 saturated heterocycles. The number of nitrogens with two attached hydrogens (primary N) is 1. The maximum Gasteiger partial charge on any atom is 0.319 e. The minimum absolute atomic E-state index is 0.00368. The van der Waals surface area contributed by atoms with Gasteiger partial charge < -0.3 is 25.2 Å². The molecule has 13 heteroatoms. The topological polar surface area (TPSA) is 137 Å². The van der Waals surface area contributed by atoms with Crippen LogP contribution in [-0.4, -0.2) is 95.5 Å². The number of carbonyl (C=O) groups excluding carboxylic acids is 1. The number of carbonyl (C=O) groups is 1. The summed E-state index contributed by atoms with van der Waals surface area (Å²) in [7, 11) is 2.02. The minimum atomic E-state index is -1.69. The molecule has 0 bridgehead atoms. The average molecular weight is 618 g/mol. The third-order valence-electron chi connectivity index (χ3n) is 8.47. The van der Waals surface area contributed by atoms with Crippen molar-refractivity contribution in [3.05, 3.63) is 47.3 Å². The Balaban J connectivity index is 1.60. The zero-order chi connectivity index (χ0) is 32.2. The van der Waals surface area contributed by atoms with E-state index in [1.54, 1.807) is 19.1 Å². The van der Waals surface area contributed by atoms with Gasteiger partial charge in [-0.2, -0.15) is 15.2 Å². The number of likely N-dealkylation sites (N-methyl/N-ethyl adjacent to an activating group) is 1. The minimum Gasteiger partial charge on any atom is -0.462 e. The van der Waals surface area contributed by atoms with E-state index in [-0.39, 0.29) is 61.0 Å². The van der Waals surface area contributed by atoms with Gasteiger partial charge in [0.05, 0.1) is 18.5 Å². The molecule has 11 nitrogen and oxygen atoms in total. The largest absolute Gasteiger partial charge is 0.462 e. The van der Waals surface area contributed by atoms with Gasteiger partial charge in [0.25, 0.3) is 5.91 Å². The van der Waals surface area contributed by atoms with Crippen molar-refractivity contribution < 1.29 is 18.3 Å². The average Bonchev–Trinajstić information content (AvgIpc) is 3.44. The van der Waals surface area contributed by atoms with Crippen LogP contribution in [0, 0.1) is 18.3 Å². The lowest BCUT2D eigenvalue weighted by molar-refractivity contribution is -0.138. The smallest absolute Gasteiger partial charge is 0.319 e. The molecule has 2 aliphatic rings. The molecule has 1 unspecified atom stereocenters. The second-order valence-corrected chi connectivity index (χ2v) is 11.4. The van der Waals surface area contributed by atoms with E-state index >= 15 is 4.39 Å². The van der Waals surface area contributed by atoms with Crippen molar-refractivity contribution in [1.29, 1.82) is 5.26 Å². The predicted octanol–water partition coefficient (Wildman–Crippen LogP) is 4.17. The number of hydrogen-bond acceptors (Lipinski definition) is 10. The Labute approximate surface area is 261 Å². The molecule has 0 spiro atoms. The van der Waals surface area contributed by atoms with Gasteiger partial charge in [-0.1, -0.05) is 24.3 Å². The van der Waals surface area contributed by atoms with Crippen LogP contribution >= 0.6 is 0 Å². The van der Waals surface area contributed by atoms with Crippen molar-refractivity contribution in [2.45, 2.75) is 51.4 Å².